The molecule has 0 spiro atoms. The average Bonchev–Trinajstić information content (AvgIpc) is 2.50. The number of aryl methyl sites for hydroxylation is 1. The molecule has 0 unspecified atom stereocenters. The van der Waals surface area contributed by atoms with Gasteiger partial charge >= 0.3 is 0 Å². The van der Waals surface area contributed by atoms with Crippen molar-refractivity contribution >= 4 is 12.1 Å². The van der Waals surface area contributed by atoms with E-state index in [0.29, 0.717) is 11.4 Å². The Morgan fingerprint density at radius 2 is 2.05 bits per heavy atom. The van der Waals surface area contributed by atoms with Crippen molar-refractivity contribution in [3.8, 4) is 5.75 Å². The zero-order valence-electron chi connectivity index (χ0n) is 12.0. The van der Waals surface area contributed by atoms with E-state index in [1.54, 1.807) is 19.2 Å². The molecule has 1 amide bonds. The fraction of sp³-hybridized carbons (Fsp3) is 0.188. The van der Waals surface area contributed by atoms with Gasteiger partial charge in [-0.05, 0) is 38.1 Å². The molecule has 1 aromatic carbocycles. The summed E-state index contributed by atoms with van der Waals surface area (Å²) in [6, 6.07) is 13.0. The van der Waals surface area contributed by atoms with Gasteiger partial charge in [0.25, 0.3) is 5.91 Å². The number of pyridine rings is 1. The van der Waals surface area contributed by atoms with Crippen molar-refractivity contribution in [1.29, 1.82) is 0 Å². The third-order valence-electron chi connectivity index (χ3n) is 2.76. The van der Waals surface area contributed by atoms with E-state index in [1.165, 1.54) is 6.21 Å². The number of hydrogen-bond acceptors (Lipinski definition) is 4. The molecule has 0 saturated heterocycles. The predicted molar refractivity (Wildman–Crippen MR) is 81.2 cm³/mol. The lowest BCUT2D eigenvalue weighted by Gasteiger charge is -2.12. The molecule has 1 atom stereocenters. The second-order valence-corrected chi connectivity index (χ2v) is 4.56. The Morgan fingerprint density at radius 1 is 1.29 bits per heavy atom. The van der Waals surface area contributed by atoms with Crippen molar-refractivity contribution in [1.82, 2.24) is 10.4 Å². The smallest absolute Gasteiger partial charge is 0.280 e. The number of carbonyl (C=O) groups excluding carboxylic acids is 1. The maximum absolute atomic E-state index is 11.8. The van der Waals surface area contributed by atoms with Crippen LogP contribution in [-0.4, -0.2) is 23.2 Å². The lowest BCUT2D eigenvalue weighted by atomic mass is 10.2. The molecule has 1 N–H and O–H groups in total. The Hall–Kier alpha value is -2.69. The fourth-order valence-corrected chi connectivity index (χ4v) is 1.58. The van der Waals surface area contributed by atoms with Crippen LogP contribution in [0.25, 0.3) is 0 Å². The monoisotopic (exact) mass is 283 g/mol. The standard InChI is InChI=1S/C16H17N3O2/c1-12-6-8-15(9-7-12)21-13(2)16(20)19-18-11-14-5-3-4-10-17-14/h3-11,13H,1-2H3,(H,19,20)/b18-11-/t13-/m1/s1. The molecule has 0 aliphatic rings. The summed E-state index contributed by atoms with van der Waals surface area (Å²) in [5.74, 6) is 0.333. The van der Waals surface area contributed by atoms with E-state index in [4.69, 9.17) is 4.74 Å². The van der Waals surface area contributed by atoms with Crippen LogP contribution in [0.2, 0.25) is 0 Å². The average molecular weight is 283 g/mol. The van der Waals surface area contributed by atoms with Gasteiger partial charge in [0, 0.05) is 6.20 Å². The summed E-state index contributed by atoms with van der Waals surface area (Å²) in [5, 5.41) is 3.85. The van der Waals surface area contributed by atoms with Crippen LogP contribution in [0, 0.1) is 6.92 Å². The zero-order valence-corrected chi connectivity index (χ0v) is 12.0. The second kappa shape index (κ2) is 7.19. The molecule has 0 aliphatic heterocycles. The van der Waals surface area contributed by atoms with E-state index in [9.17, 15) is 4.79 Å². The van der Waals surface area contributed by atoms with Crippen molar-refractivity contribution in [2.45, 2.75) is 20.0 Å². The number of nitrogens with one attached hydrogen (secondary N) is 1. The summed E-state index contributed by atoms with van der Waals surface area (Å²) in [4.78, 5) is 15.9. The number of nitrogens with zero attached hydrogens (tertiary/aromatic N) is 2. The van der Waals surface area contributed by atoms with Gasteiger partial charge in [0.1, 0.15) is 5.75 Å². The number of hydrogen-bond donors (Lipinski definition) is 1. The number of benzene rings is 1. The third kappa shape index (κ3) is 4.72. The molecule has 2 rings (SSSR count). The highest BCUT2D eigenvalue weighted by atomic mass is 16.5. The Kier molecular flexibility index (Phi) is 5.04. The summed E-state index contributed by atoms with van der Waals surface area (Å²) in [6.07, 6.45) is 2.51. The molecule has 5 nitrogen and oxygen atoms in total. The number of hydrazone groups is 1. The van der Waals surface area contributed by atoms with Crippen LogP contribution in [0.3, 0.4) is 0 Å². The van der Waals surface area contributed by atoms with Crippen LogP contribution in [-0.2, 0) is 4.79 Å². The van der Waals surface area contributed by atoms with Gasteiger partial charge in [-0.15, -0.1) is 0 Å². The second-order valence-electron chi connectivity index (χ2n) is 4.56. The number of ether oxygens (including phenoxy) is 1. The van der Waals surface area contributed by atoms with Gasteiger partial charge in [-0.25, -0.2) is 5.43 Å². The minimum absolute atomic E-state index is 0.317. The van der Waals surface area contributed by atoms with Crippen LogP contribution in [0.15, 0.2) is 53.8 Å². The lowest BCUT2D eigenvalue weighted by molar-refractivity contribution is -0.127. The molecular formula is C16H17N3O2. The van der Waals surface area contributed by atoms with Gasteiger partial charge < -0.3 is 4.74 Å². The van der Waals surface area contributed by atoms with Crippen LogP contribution in [0.5, 0.6) is 5.75 Å². The molecule has 21 heavy (non-hydrogen) atoms. The molecule has 2 aromatic rings. The molecule has 0 saturated carbocycles. The van der Waals surface area contributed by atoms with Crippen LogP contribution in [0.4, 0.5) is 0 Å². The number of carbonyl (C=O) groups is 1. The van der Waals surface area contributed by atoms with E-state index < -0.39 is 6.10 Å². The highest BCUT2D eigenvalue weighted by Crippen LogP contribution is 2.13. The van der Waals surface area contributed by atoms with Gasteiger partial charge in [0.05, 0.1) is 11.9 Å². The van der Waals surface area contributed by atoms with E-state index in [2.05, 4.69) is 15.5 Å². The number of aromatic nitrogens is 1. The van der Waals surface area contributed by atoms with Crippen molar-refractivity contribution in [2.75, 3.05) is 0 Å². The van der Waals surface area contributed by atoms with Gasteiger partial charge in [0.15, 0.2) is 6.10 Å². The summed E-state index contributed by atoms with van der Waals surface area (Å²) < 4.78 is 5.53. The van der Waals surface area contributed by atoms with Gasteiger partial charge in [-0.1, -0.05) is 23.8 Å². The number of rotatable bonds is 5. The predicted octanol–water partition coefficient (Wildman–Crippen LogP) is 2.31. The van der Waals surface area contributed by atoms with E-state index in [0.717, 1.165) is 5.56 Å². The van der Waals surface area contributed by atoms with Gasteiger partial charge in [0.2, 0.25) is 0 Å². The quantitative estimate of drug-likeness (QED) is 0.676. The molecule has 1 aromatic heterocycles. The minimum Gasteiger partial charge on any atom is -0.481 e. The Balaban J connectivity index is 1.85. The van der Waals surface area contributed by atoms with Crippen LogP contribution < -0.4 is 10.2 Å². The van der Waals surface area contributed by atoms with Crippen molar-refractivity contribution < 1.29 is 9.53 Å². The first-order chi connectivity index (χ1) is 10.1. The van der Waals surface area contributed by atoms with Crippen molar-refractivity contribution in [3.05, 3.63) is 59.9 Å². The maximum Gasteiger partial charge on any atom is 0.280 e. The van der Waals surface area contributed by atoms with Gasteiger partial charge in [-0.2, -0.15) is 5.10 Å². The molecule has 5 heteroatoms. The highest BCUT2D eigenvalue weighted by molar-refractivity contribution is 5.83. The lowest BCUT2D eigenvalue weighted by Crippen LogP contribution is -2.33. The summed E-state index contributed by atoms with van der Waals surface area (Å²) in [7, 11) is 0. The Bertz CT molecular complexity index is 609. The van der Waals surface area contributed by atoms with Crippen LogP contribution in [0.1, 0.15) is 18.2 Å². The summed E-state index contributed by atoms with van der Waals surface area (Å²) >= 11 is 0. The largest absolute Gasteiger partial charge is 0.481 e. The Morgan fingerprint density at radius 3 is 2.71 bits per heavy atom. The topological polar surface area (TPSA) is 63.6 Å². The third-order valence-corrected chi connectivity index (χ3v) is 2.76. The van der Waals surface area contributed by atoms with Crippen LogP contribution >= 0.6 is 0 Å². The summed E-state index contributed by atoms with van der Waals surface area (Å²) in [5.41, 5.74) is 4.24. The van der Waals surface area contributed by atoms with E-state index >= 15 is 0 Å². The van der Waals surface area contributed by atoms with Crippen molar-refractivity contribution in [2.24, 2.45) is 5.10 Å². The summed E-state index contributed by atoms with van der Waals surface area (Å²) in [6.45, 7) is 3.66. The molecule has 108 valence electrons. The molecular weight excluding hydrogens is 266 g/mol. The van der Waals surface area contributed by atoms with Crippen molar-refractivity contribution in [3.63, 3.8) is 0 Å². The first-order valence-corrected chi connectivity index (χ1v) is 6.62. The minimum atomic E-state index is -0.631. The molecule has 0 aliphatic carbocycles. The normalized spacial score (nSPS) is 12.1. The highest BCUT2D eigenvalue weighted by Gasteiger charge is 2.13. The van der Waals surface area contributed by atoms with E-state index in [1.807, 2.05) is 43.3 Å². The maximum atomic E-state index is 11.8. The van der Waals surface area contributed by atoms with Gasteiger partial charge in [-0.3, -0.25) is 9.78 Å². The molecule has 0 radical (unpaired) electrons. The Labute approximate surface area is 123 Å². The first-order valence-electron chi connectivity index (χ1n) is 6.62. The zero-order chi connectivity index (χ0) is 15.1. The first kappa shape index (κ1) is 14.7. The number of amides is 1. The SMILES string of the molecule is Cc1ccc(O[C@H](C)C(=O)N/N=C\c2ccccn2)cc1. The van der Waals surface area contributed by atoms with E-state index in [-0.39, 0.29) is 5.91 Å². The molecule has 1 heterocycles. The molecule has 0 fully saturated rings. The molecule has 0 bridgehead atoms. The fourth-order valence-electron chi connectivity index (χ4n) is 1.58.